The minimum atomic E-state index is -0.219. The Hall–Kier alpha value is -2.64. The number of anilines is 2. The molecule has 8 heteroatoms. The van der Waals surface area contributed by atoms with E-state index in [0.29, 0.717) is 17.5 Å². The monoisotopic (exact) mass is 458 g/mol. The number of hydrogen-bond donors (Lipinski definition) is 1. The average molecular weight is 459 g/mol. The highest BCUT2D eigenvalue weighted by molar-refractivity contribution is 7.71. The first-order valence-corrected chi connectivity index (χ1v) is 11.0. The number of nitrogens with one attached hydrogen (secondary N) is 1. The molecule has 0 aliphatic heterocycles. The fraction of sp³-hybridized carbons (Fsp3) is 0.348. The Morgan fingerprint density at radius 3 is 2.39 bits per heavy atom. The Morgan fingerprint density at radius 1 is 1.13 bits per heavy atom. The second-order valence-electron chi connectivity index (χ2n) is 7.95. The molecule has 164 valence electrons. The summed E-state index contributed by atoms with van der Waals surface area (Å²) in [5.41, 5.74) is 2.49. The Morgan fingerprint density at radius 2 is 1.81 bits per heavy atom. The summed E-state index contributed by atoms with van der Waals surface area (Å²) in [7, 11) is 0. The van der Waals surface area contributed by atoms with E-state index < -0.39 is 0 Å². The molecule has 0 radical (unpaired) electrons. The van der Waals surface area contributed by atoms with Crippen LogP contribution >= 0.6 is 23.8 Å². The molecular weight excluding hydrogens is 432 g/mol. The zero-order chi connectivity index (χ0) is 22.7. The standard InChI is InChI=1S/C23H27ClN4O2S/c1-14(2)28-22(31)26-21(25-19-10-11-20(16(5)12-19)30-15(3)4)27(23(28)29)13-17-6-8-18(24)9-7-17/h6-12,14-15H,13H2,1-5H3,(H,25,26,31). The van der Waals surface area contributed by atoms with Crippen LogP contribution in [-0.4, -0.2) is 20.2 Å². The van der Waals surface area contributed by atoms with Crippen LogP contribution < -0.4 is 15.7 Å². The molecule has 3 rings (SSSR count). The summed E-state index contributed by atoms with van der Waals surface area (Å²) in [6.07, 6.45) is 0.0899. The zero-order valence-corrected chi connectivity index (χ0v) is 19.9. The Kier molecular flexibility index (Phi) is 7.18. The second kappa shape index (κ2) is 9.66. The molecule has 0 unspecified atom stereocenters. The lowest BCUT2D eigenvalue weighted by atomic mass is 10.2. The van der Waals surface area contributed by atoms with Crippen molar-refractivity contribution in [3.63, 3.8) is 0 Å². The molecule has 2 aromatic carbocycles. The summed E-state index contributed by atoms with van der Waals surface area (Å²) in [4.78, 5) is 17.8. The SMILES string of the molecule is Cc1cc(Nc2nc(=S)n(C(C)C)c(=O)n2Cc2ccc(Cl)cc2)ccc1OC(C)C. The molecule has 0 spiro atoms. The smallest absolute Gasteiger partial charge is 0.333 e. The van der Waals surface area contributed by atoms with Gasteiger partial charge in [0.15, 0.2) is 0 Å². The van der Waals surface area contributed by atoms with Gasteiger partial charge in [-0.2, -0.15) is 4.98 Å². The van der Waals surface area contributed by atoms with Gasteiger partial charge in [0, 0.05) is 16.8 Å². The molecule has 0 atom stereocenters. The van der Waals surface area contributed by atoms with E-state index >= 15 is 0 Å². The maximum Gasteiger partial charge on any atom is 0.333 e. The normalized spacial score (nSPS) is 11.2. The highest BCUT2D eigenvalue weighted by Gasteiger charge is 2.15. The van der Waals surface area contributed by atoms with Crippen LogP contribution in [0, 0.1) is 11.7 Å². The number of aromatic nitrogens is 3. The number of ether oxygens (including phenoxy) is 1. The fourth-order valence-electron chi connectivity index (χ4n) is 3.20. The highest BCUT2D eigenvalue weighted by Crippen LogP contribution is 2.25. The highest BCUT2D eigenvalue weighted by atomic mass is 35.5. The first-order chi connectivity index (χ1) is 14.7. The van der Waals surface area contributed by atoms with Crippen molar-refractivity contribution in [3.8, 4) is 5.75 Å². The zero-order valence-electron chi connectivity index (χ0n) is 18.3. The van der Waals surface area contributed by atoms with Crippen LogP contribution in [0.15, 0.2) is 47.3 Å². The van der Waals surface area contributed by atoms with Crippen LogP contribution in [0.25, 0.3) is 0 Å². The van der Waals surface area contributed by atoms with E-state index in [-0.39, 0.29) is 22.6 Å². The Labute approximate surface area is 192 Å². The number of halogens is 1. The summed E-state index contributed by atoms with van der Waals surface area (Å²) >= 11 is 11.4. The van der Waals surface area contributed by atoms with E-state index in [1.165, 1.54) is 4.57 Å². The third-order valence-electron chi connectivity index (χ3n) is 4.66. The third kappa shape index (κ3) is 5.54. The molecule has 1 aromatic heterocycles. The minimum absolute atomic E-state index is 0.0899. The van der Waals surface area contributed by atoms with Crippen molar-refractivity contribution in [2.75, 3.05) is 5.32 Å². The van der Waals surface area contributed by atoms with Crippen molar-refractivity contribution in [2.24, 2.45) is 0 Å². The molecule has 0 aliphatic carbocycles. The van der Waals surface area contributed by atoms with Crippen LogP contribution in [0.2, 0.25) is 5.02 Å². The summed E-state index contributed by atoms with van der Waals surface area (Å²) in [5.74, 6) is 1.21. The van der Waals surface area contributed by atoms with E-state index in [9.17, 15) is 4.79 Å². The topological polar surface area (TPSA) is 61.1 Å². The average Bonchev–Trinajstić information content (AvgIpc) is 2.68. The van der Waals surface area contributed by atoms with Gasteiger partial charge in [-0.05, 0) is 88.3 Å². The van der Waals surface area contributed by atoms with Crippen LogP contribution in [-0.2, 0) is 6.54 Å². The molecule has 0 bridgehead atoms. The van der Waals surface area contributed by atoms with Gasteiger partial charge in [0.05, 0.1) is 12.6 Å². The van der Waals surface area contributed by atoms with Crippen LogP contribution in [0.3, 0.4) is 0 Å². The third-order valence-corrected chi connectivity index (χ3v) is 5.20. The molecule has 1 heterocycles. The van der Waals surface area contributed by atoms with Gasteiger partial charge in [0.25, 0.3) is 0 Å². The van der Waals surface area contributed by atoms with E-state index in [1.807, 2.05) is 65.0 Å². The van der Waals surface area contributed by atoms with E-state index in [2.05, 4.69) is 10.3 Å². The molecule has 0 fully saturated rings. The first-order valence-electron chi connectivity index (χ1n) is 10.2. The van der Waals surface area contributed by atoms with Crippen molar-refractivity contribution in [1.29, 1.82) is 0 Å². The quantitative estimate of drug-likeness (QED) is 0.447. The van der Waals surface area contributed by atoms with Gasteiger partial charge in [-0.15, -0.1) is 0 Å². The summed E-state index contributed by atoms with van der Waals surface area (Å²) in [5, 5.41) is 3.91. The maximum absolute atomic E-state index is 13.3. The molecule has 1 N–H and O–H groups in total. The number of aryl methyl sites for hydroxylation is 1. The molecule has 3 aromatic rings. The number of hydrogen-bond acceptors (Lipinski definition) is 5. The van der Waals surface area contributed by atoms with Crippen molar-refractivity contribution in [3.05, 3.63) is 73.9 Å². The van der Waals surface area contributed by atoms with E-state index in [1.54, 1.807) is 16.7 Å². The van der Waals surface area contributed by atoms with E-state index in [4.69, 9.17) is 28.6 Å². The van der Waals surface area contributed by atoms with Crippen LogP contribution in [0.5, 0.6) is 5.75 Å². The number of rotatable bonds is 7. The van der Waals surface area contributed by atoms with E-state index in [0.717, 1.165) is 22.6 Å². The fourth-order valence-corrected chi connectivity index (χ4v) is 3.70. The number of benzene rings is 2. The van der Waals surface area contributed by atoms with Crippen molar-refractivity contribution >= 4 is 35.5 Å². The van der Waals surface area contributed by atoms with Gasteiger partial charge in [-0.1, -0.05) is 23.7 Å². The lowest BCUT2D eigenvalue weighted by Gasteiger charge is -2.19. The van der Waals surface area contributed by atoms with Crippen molar-refractivity contribution in [2.45, 2.75) is 53.3 Å². The summed E-state index contributed by atoms with van der Waals surface area (Å²) in [6, 6.07) is 13.1. The van der Waals surface area contributed by atoms with Gasteiger partial charge in [0.1, 0.15) is 5.75 Å². The van der Waals surface area contributed by atoms with Crippen molar-refractivity contribution < 1.29 is 4.74 Å². The molecule has 0 saturated carbocycles. The minimum Gasteiger partial charge on any atom is -0.491 e. The molecular formula is C23H27ClN4O2S. The van der Waals surface area contributed by atoms with Crippen molar-refractivity contribution in [1.82, 2.24) is 14.1 Å². The maximum atomic E-state index is 13.3. The van der Waals surface area contributed by atoms with Crippen LogP contribution in [0.4, 0.5) is 11.6 Å². The predicted octanol–water partition coefficient (Wildman–Crippen LogP) is 5.90. The second-order valence-corrected chi connectivity index (χ2v) is 8.75. The largest absolute Gasteiger partial charge is 0.491 e. The Balaban J connectivity index is 2.04. The molecule has 6 nitrogen and oxygen atoms in total. The first kappa shape index (κ1) is 23.0. The lowest BCUT2D eigenvalue weighted by Crippen LogP contribution is -2.35. The van der Waals surface area contributed by atoms with Gasteiger partial charge in [0.2, 0.25) is 10.7 Å². The number of nitrogens with zero attached hydrogens (tertiary/aromatic N) is 3. The Bertz CT molecular complexity index is 1180. The summed E-state index contributed by atoms with van der Waals surface area (Å²) < 4.78 is 9.16. The van der Waals surface area contributed by atoms with Gasteiger partial charge in [-0.25, -0.2) is 4.79 Å². The summed E-state index contributed by atoms with van der Waals surface area (Å²) in [6.45, 7) is 10.1. The predicted molar refractivity (Wildman–Crippen MR) is 128 cm³/mol. The molecule has 0 aliphatic rings. The molecule has 31 heavy (non-hydrogen) atoms. The molecule has 0 amide bonds. The lowest BCUT2D eigenvalue weighted by molar-refractivity contribution is 0.241. The van der Waals surface area contributed by atoms with Gasteiger partial charge in [-0.3, -0.25) is 9.13 Å². The molecule has 0 saturated heterocycles. The van der Waals surface area contributed by atoms with Gasteiger partial charge >= 0.3 is 5.69 Å². The van der Waals surface area contributed by atoms with Gasteiger partial charge < -0.3 is 10.1 Å². The van der Waals surface area contributed by atoms with Crippen LogP contribution in [0.1, 0.15) is 44.9 Å².